The quantitative estimate of drug-likeness (QED) is 0.743. The lowest BCUT2D eigenvalue weighted by atomic mass is 10.1. The van der Waals surface area contributed by atoms with Crippen LogP contribution in [0.15, 0.2) is 36.4 Å². The molecule has 0 heterocycles. The van der Waals surface area contributed by atoms with E-state index in [1.807, 2.05) is 0 Å². The van der Waals surface area contributed by atoms with E-state index in [0.29, 0.717) is 6.07 Å². The first-order chi connectivity index (χ1) is 11.1. The summed E-state index contributed by atoms with van der Waals surface area (Å²) < 4.78 is 64.0. The molecule has 128 valence electrons. The van der Waals surface area contributed by atoms with Crippen LogP contribution in [0.3, 0.4) is 0 Å². The maximum absolute atomic E-state index is 13.2. The molecule has 0 spiro atoms. The van der Waals surface area contributed by atoms with Crippen molar-refractivity contribution in [3.8, 4) is 0 Å². The van der Waals surface area contributed by atoms with Crippen molar-refractivity contribution in [2.45, 2.75) is 12.7 Å². The Morgan fingerprint density at radius 3 is 2.42 bits per heavy atom. The molecule has 2 rings (SSSR count). The second-order valence-electron chi connectivity index (χ2n) is 4.78. The summed E-state index contributed by atoms with van der Waals surface area (Å²) in [5, 5.41) is 4.39. The highest BCUT2D eigenvalue weighted by atomic mass is 35.5. The third kappa shape index (κ3) is 4.82. The van der Waals surface area contributed by atoms with Gasteiger partial charge in [-0.25, -0.2) is 13.6 Å². The van der Waals surface area contributed by atoms with Gasteiger partial charge in [-0.1, -0.05) is 11.6 Å². The number of hydrogen-bond donors (Lipinski definition) is 2. The number of urea groups is 1. The summed E-state index contributed by atoms with van der Waals surface area (Å²) in [5.41, 5.74) is -1.02. The molecule has 0 saturated carbocycles. The number of nitrogens with one attached hydrogen (secondary N) is 2. The Hall–Kier alpha value is -2.35. The average molecular weight is 365 g/mol. The van der Waals surface area contributed by atoms with Crippen LogP contribution in [0.25, 0.3) is 0 Å². The number of benzene rings is 2. The van der Waals surface area contributed by atoms with Crippen molar-refractivity contribution in [3.63, 3.8) is 0 Å². The van der Waals surface area contributed by atoms with E-state index in [1.54, 1.807) is 0 Å². The van der Waals surface area contributed by atoms with E-state index in [9.17, 15) is 26.7 Å². The predicted molar refractivity (Wildman–Crippen MR) is 78.7 cm³/mol. The Bertz CT molecular complexity index is 764. The molecule has 0 aliphatic rings. The molecule has 3 nitrogen and oxygen atoms in total. The van der Waals surface area contributed by atoms with Gasteiger partial charge in [0.05, 0.1) is 10.6 Å². The van der Waals surface area contributed by atoms with E-state index < -0.39 is 29.4 Å². The molecule has 0 radical (unpaired) electrons. The van der Waals surface area contributed by atoms with Crippen molar-refractivity contribution in [2.24, 2.45) is 0 Å². The molecule has 2 amide bonds. The Morgan fingerprint density at radius 1 is 1.08 bits per heavy atom. The smallest absolute Gasteiger partial charge is 0.334 e. The zero-order valence-corrected chi connectivity index (χ0v) is 12.6. The van der Waals surface area contributed by atoms with E-state index in [-0.39, 0.29) is 22.8 Å². The molecule has 0 bridgehead atoms. The molecule has 2 N–H and O–H groups in total. The highest BCUT2D eigenvalue weighted by Gasteiger charge is 2.31. The van der Waals surface area contributed by atoms with Crippen molar-refractivity contribution in [1.29, 1.82) is 0 Å². The highest BCUT2D eigenvalue weighted by Crippen LogP contribution is 2.30. The van der Waals surface area contributed by atoms with Crippen LogP contribution in [0, 0.1) is 11.6 Å². The standard InChI is InChI=1S/C15H10ClF5N2O/c16-12-6-11(1-2-13(12)18)23-14(24)22-7-8-3-9(15(19,20)21)5-10(17)4-8/h1-6H,7H2,(H2,22,23,24). The molecule has 0 aliphatic heterocycles. The first-order valence-corrected chi connectivity index (χ1v) is 6.89. The maximum Gasteiger partial charge on any atom is 0.416 e. The second-order valence-corrected chi connectivity index (χ2v) is 5.19. The number of halogens is 6. The molecule has 0 atom stereocenters. The van der Waals surface area contributed by atoms with Crippen molar-refractivity contribution in [2.75, 3.05) is 5.32 Å². The number of anilines is 1. The predicted octanol–water partition coefficient (Wildman–Crippen LogP) is 4.96. The monoisotopic (exact) mass is 364 g/mol. The molecule has 9 heteroatoms. The normalized spacial score (nSPS) is 11.2. The molecule has 24 heavy (non-hydrogen) atoms. The van der Waals surface area contributed by atoms with Gasteiger partial charge in [-0.3, -0.25) is 0 Å². The zero-order chi connectivity index (χ0) is 17.9. The van der Waals surface area contributed by atoms with Crippen LogP contribution in [0.1, 0.15) is 11.1 Å². The van der Waals surface area contributed by atoms with Gasteiger partial charge in [0.25, 0.3) is 0 Å². The molecular weight excluding hydrogens is 355 g/mol. The Morgan fingerprint density at radius 2 is 1.79 bits per heavy atom. The third-order valence-corrected chi connectivity index (χ3v) is 3.21. The molecule has 0 saturated heterocycles. The Labute approximate surface area is 138 Å². The summed E-state index contributed by atoms with van der Waals surface area (Å²) in [5.74, 6) is -1.73. The van der Waals surface area contributed by atoms with Gasteiger partial charge in [-0.2, -0.15) is 13.2 Å². The topological polar surface area (TPSA) is 41.1 Å². The number of carbonyl (C=O) groups excluding carboxylic acids is 1. The molecule has 2 aromatic carbocycles. The van der Waals surface area contributed by atoms with Crippen LogP contribution in [-0.4, -0.2) is 6.03 Å². The van der Waals surface area contributed by atoms with E-state index in [0.717, 1.165) is 18.2 Å². The van der Waals surface area contributed by atoms with Crippen LogP contribution < -0.4 is 10.6 Å². The first-order valence-electron chi connectivity index (χ1n) is 6.52. The summed E-state index contributed by atoms with van der Waals surface area (Å²) in [7, 11) is 0. The Kier molecular flexibility index (Phi) is 5.28. The third-order valence-electron chi connectivity index (χ3n) is 2.92. The van der Waals surface area contributed by atoms with Gasteiger partial charge in [-0.15, -0.1) is 0 Å². The molecule has 2 aromatic rings. The van der Waals surface area contributed by atoms with Crippen LogP contribution in [0.2, 0.25) is 5.02 Å². The lowest BCUT2D eigenvalue weighted by Crippen LogP contribution is -2.28. The summed E-state index contributed by atoms with van der Waals surface area (Å²) in [6.07, 6.45) is -4.69. The molecular formula is C15H10ClF5N2O. The van der Waals surface area contributed by atoms with Crippen molar-refractivity contribution >= 4 is 23.3 Å². The minimum absolute atomic E-state index is 0.0605. The van der Waals surface area contributed by atoms with E-state index >= 15 is 0 Å². The number of rotatable bonds is 3. The van der Waals surface area contributed by atoms with Crippen molar-refractivity contribution < 1.29 is 26.7 Å². The van der Waals surface area contributed by atoms with Crippen molar-refractivity contribution in [1.82, 2.24) is 5.32 Å². The lowest BCUT2D eigenvalue weighted by molar-refractivity contribution is -0.137. The van der Waals surface area contributed by atoms with Gasteiger partial charge in [0.15, 0.2) is 0 Å². The van der Waals surface area contributed by atoms with Gasteiger partial charge < -0.3 is 10.6 Å². The van der Waals surface area contributed by atoms with Gasteiger partial charge in [-0.05, 0) is 42.0 Å². The fraction of sp³-hybridized carbons (Fsp3) is 0.133. The minimum Gasteiger partial charge on any atom is -0.334 e. The van der Waals surface area contributed by atoms with Crippen LogP contribution in [-0.2, 0) is 12.7 Å². The fourth-order valence-electron chi connectivity index (χ4n) is 1.85. The average Bonchev–Trinajstić information content (AvgIpc) is 2.47. The number of carbonyl (C=O) groups is 1. The first kappa shape index (κ1) is 18.0. The Balaban J connectivity index is 2.01. The largest absolute Gasteiger partial charge is 0.416 e. The fourth-order valence-corrected chi connectivity index (χ4v) is 2.03. The zero-order valence-electron chi connectivity index (χ0n) is 11.8. The van der Waals surface area contributed by atoms with Gasteiger partial charge in [0.2, 0.25) is 0 Å². The molecule has 0 aromatic heterocycles. The van der Waals surface area contributed by atoms with E-state index in [2.05, 4.69) is 10.6 Å². The number of amides is 2. The van der Waals surface area contributed by atoms with Gasteiger partial charge in [0, 0.05) is 12.2 Å². The van der Waals surface area contributed by atoms with Crippen LogP contribution in [0.5, 0.6) is 0 Å². The van der Waals surface area contributed by atoms with E-state index in [1.165, 1.54) is 12.1 Å². The van der Waals surface area contributed by atoms with E-state index in [4.69, 9.17) is 11.6 Å². The SMILES string of the molecule is O=C(NCc1cc(F)cc(C(F)(F)F)c1)Nc1ccc(F)c(Cl)c1. The maximum atomic E-state index is 13.2. The van der Waals surface area contributed by atoms with Crippen LogP contribution >= 0.6 is 11.6 Å². The summed E-state index contributed by atoms with van der Waals surface area (Å²) >= 11 is 5.55. The molecule has 0 unspecified atom stereocenters. The molecule has 0 aliphatic carbocycles. The highest BCUT2D eigenvalue weighted by molar-refractivity contribution is 6.31. The van der Waals surface area contributed by atoms with Crippen molar-refractivity contribution in [3.05, 3.63) is 64.2 Å². The summed E-state index contributed by atoms with van der Waals surface area (Å²) in [4.78, 5) is 11.7. The van der Waals surface area contributed by atoms with Crippen LogP contribution in [0.4, 0.5) is 32.4 Å². The minimum atomic E-state index is -4.69. The second kappa shape index (κ2) is 7.04. The lowest BCUT2D eigenvalue weighted by Gasteiger charge is -2.11. The number of hydrogen-bond acceptors (Lipinski definition) is 1. The van der Waals surface area contributed by atoms with Gasteiger partial charge >= 0.3 is 12.2 Å². The summed E-state index contributed by atoms with van der Waals surface area (Å²) in [6, 6.07) is 4.67. The number of alkyl halides is 3. The van der Waals surface area contributed by atoms with Gasteiger partial charge in [0.1, 0.15) is 11.6 Å². The summed E-state index contributed by atoms with van der Waals surface area (Å²) in [6.45, 7) is -0.332. The molecule has 0 fully saturated rings.